The minimum atomic E-state index is 0.465. The van der Waals surface area contributed by atoms with Crippen molar-refractivity contribution in [2.24, 2.45) is 0 Å². The first kappa shape index (κ1) is 15.5. The van der Waals surface area contributed by atoms with Gasteiger partial charge in [-0.3, -0.25) is 0 Å². The average Bonchev–Trinajstić information content (AvgIpc) is 3.07. The highest BCUT2D eigenvalue weighted by atomic mass is 32.1. The third-order valence-corrected chi connectivity index (χ3v) is 5.57. The Morgan fingerprint density at radius 1 is 1.45 bits per heavy atom. The van der Waals surface area contributed by atoms with Crippen molar-refractivity contribution >= 4 is 27.8 Å². The third kappa shape index (κ3) is 3.59. The van der Waals surface area contributed by atoms with Gasteiger partial charge in [-0.2, -0.15) is 0 Å². The molecule has 0 aliphatic heterocycles. The lowest BCUT2D eigenvalue weighted by Crippen LogP contribution is -2.30. The molecule has 2 aromatic heterocycles. The number of thiophene rings is 1. The summed E-state index contributed by atoms with van der Waals surface area (Å²) < 4.78 is 0. The Labute approximate surface area is 129 Å². The van der Waals surface area contributed by atoms with Crippen LogP contribution in [0.15, 0.2) is 17.5 Å². The van der Waals surface area contributed by atoms with E-state index in [0.29, 0.717) is 6.04 Å². The Balaban J connectivity index is 2.09. The van der Waals surface area contributed by atoms with Crippen LogP contribution in [0.3, 0.4) is 0 Å². The van der Waals surface area contributed by atoms with Crippen LogP contribution < -0.4 is 10.2 Å². The summed E-state index contributed by atoms with van der Waals surface area (Å²) >= 11 is 3.64. The molecule has 5 heteroatoms. The highest BCUT2D eigenvalue weighted by Crippen LogP contribution is 2.28. The van der Waals surface area contributed by atoms with Crippen molar-refractivity contribution in [1.29, 1.82) is 0 Å². The Hall–Kier alpha value is -0.910. The van der Waals surface area contributed by atoms with Crippen molar-refractivity contribution in [3.8, 4) is 0 Å². The van der Waals surface area contributed by atoms with Gasteiger partial charge in [0.25, 0.3) is 0 Å². The molecule has 0 aromatic carbocycles. The number of nitrogens with zero attached hydrogens (tertiary/aromatic N) is 2. The van der Waals surface area contributed by atoms with E-state index in [1.165, 1.54) is 15.4 Å². The third-order valence-electron chi connectivity index (χ3n) is 3.48. The molecule has 1 N–H and O–H groups in total. The molecule has 2 heterocycles. The predicted molar refractivity (Wildman–Crippen MR) is 90.1 cm³/mol. The Bertz CT molecular complexity index is 519. The summed E-state index contributed by atoms with van der Waals surface area (Å²) in [5.41, 5.74) is 1.23. The quantitative estimate of drug-likeness (QED) is 0.848. The minimum Gasteiger partial charge on any atom is -0.348 e. The van der Waals surface area contributed by atoms with Crippen LogP contribution in [-0.2, 0) is 19.4 Å². The van der Waals surface area contributed by atoms with Crippen LogP contribution in [0.25, 0.3) is 0 Å². The van der Waals surface area contributed by atoms with Crippen molar-refractivity contribution in [3.05, 3.63) is 33.0 Å². The zero-order valence-electron chi connectivity index (χ0n) is 12.6. The Morgan fingerprint density at radius 3 is 2.85 bits per heavy atom. The number of anilines is 1. The topological polar surface area (TPSA) is 28.2 Å². The summed E-state index contributed by atoms with van der Waals surface area (Å²) in [6.45, 7) is 5.35. The number of nitrogens with one attached hydrogen (secondary N) is 1. The molecule has 110 valence electrons. The van der Waals surface area contributed by atoms with E-state index in [9.17, 15) is 0 Å². The number of likely N-dealkylation sites (N-methyl/N-ethyl adjacent to an activating group) is 1. The van der Waals surface area contributed by atoms with Crippen molar-refractivity contribution in [2.75, 3.05) is 19.0 Å². The smallest absolute Gasteiger partial charge is 0.185 e. The van der Waals surface area contributed by atoms with Gasteiger partial charge in [0.1, 0.15) is 0 Å². The second-order valence-electron chi connectivity index (χ2n) is 4.99. The largest absolute Gasteiger partial charge is 0.348 e. The SMILES string of the molecule is CCc1nc(N(C)C(C)Cc2cccs2)sc1CNC. The maximum absolute atomic E-state index is 4.81. The second-order valence-corrected chi connectivity index (χ2v) is 7.09. The van der Waals surface area contributed by atoms with Gasteiger partial charge in [-0.1, -0.05) is 13.0 Å². The lowest BCUT2D eigenvalue weighted by Gasteiger charge is -2.23. The lowest BCUT2D eigenvalue weighted by molar-refractivity contribution is 0.685. The van der Waals surface area contributed by atoms with Crippen molar-refractivity contribution in [2.45, 2.75) is 39.3 Å². The van der Waals surface area contributed by atoms with Gasteiger partial charge in [0, 0.05) is 35.8 Å². The summed E-state index contributed by atoms with van der Waals surface area (Å²) in [6.07, 6.45) is 2.08. The maximum Gasteiger partial charge on any atom is 0.185 e. The highest BCUT2D eigenvalue weighted by molar-refractivity contribution is 7.15. The molecule has 0 aliphatic carbocycles. The van der Waals surface area contributed by atoms with Crippen LogP contribution in [0, 0.1) is 0 Å². The molecule has 0 bridgehead atoms. The molecule has 0 radical (unpaired) electrons. The molecule has 3 nitrogen and oxygen atoms in total. The molecule has 0 aliphatic rings. The molecule has 1 unspecified atom stereocenters. The molecule has 2 aromatic rings. The van der Waals surface area contributed by atoms with Gasteiger partial charge < -0.3 is 10.2 Å². The van der Waals surface area contributed by atoms with Crippen molar-refractivity contribution in [3.63, 3.8) is 0 Å². The summed E-state index contributed by atoms with van der Waals surface area (Å²) in [5, 5.41) is 6.51. The lowest BCUT2D eigenvalue weighted by atomic mass is 10.2. The molecular weight excluding hydrogens is 286 g/mol. The van der Waals surface area contributed by atoms with Crippen LogP contribution in [0.1, 0.15) is 29.3 Å². The number of aryl methyl sites for hydroxylation is 1. The van der Waals surface area contributed by atoms with Crippen molar-refractivity contribution < 1.29 is 0 Å². The summed E-state index contributed by atoms with van der Waals surface area (Å²) in [5.74, 6) is 0. The van der Waals surface area contributed by atoms with Crippen molar-refractivity contribution in [1.82, 2.24) is 10.3 Å². The van der Waals surface area contributed by atoms with Gasteiger partial charge in [0.15, 0.2) is 5.13 Å². The average molecular weight is 310 g/mol. The van der Waals surface area contributed by atoms with Gasteiger partial charge >= 0.3 is 0 Å². The molecule has 20 heavy (non-hydrogen) atoms. The first-order valence-electron chi connectivity index (χ1n) is 7.04. The standard InChI is InChI=1S/C15H23N3S2/c1-5-13-14(10-16-3)20-15(17-13)18(4)11(2)9-12-7-6-8-19-12/h6-8,11,16H,5,9-10H2,1-4H3. The molecule has 0 fully saturated rings. The van der Waals surface area contributed by atoms with E-state index >= 15 is 0 Å². The zero-order chi connectivity index (χ0) is 14.5. The number of thiazole rings is 1. The van der Waals surface area contributed by atoms with E-state index in [1.807, 2.05) is 29.7 Å². The van der Waals surface area contributed by atoms with E-state index in [2.05, 4.69) is 48.6 Å². The Kier molecular flexibility index (Phi) is 5.57. The number of hydrogen-bond acceptors (Lipinski definition) is 5. The zero-order valence-corrected chi connectivity index (χ0v) is 14.3. The monoisotopic (exact) mass is 309 g/mol. The molecule has 0 saturated heterocycles. The Morgan fingerprint density at radius 2 is 2.25 bits per heavy atom. The van der Waals surface area contributed by atoms with Gasteiger partial charge in [-0.05, 0) is 31.8 Å². The van der Waals surface area contributed by atoms with E-state index < -0.39 is 0 Å². The van der Waals surface area contributed by atoms with Crippen LogP contribution >= 0.6 is 22.7 Å². The van der Waals surface area contributed by atoms with Gasteiger partial charge in [0.2, 0.25) is 0 Å². The predicted octanol–water partition coefficient (Wildman–Crippen LogP) is 3.55. The first-order valence-corrected chi connectivity index (χ1v) is 8.73. The number of aromatic nitrogens is 1. The molecule has 1 atom stereocenters. The van der Waals surface area contributed by atoms with E-state index in [0.717, 1.165) is 24.5 Å². The van der Waals surface area contributed by atoms with Crippen LogP contribution in [0.5, 0.6) is 0 Å². The van der Waals surface area contributed by atoms with Crippen LogP contribution in [0.2, 0.25) is 0 Å². The molecule has 0 saturated carbocycles. The number of rotatable bonds is 7. The summed E-state index contributed by atoms with van der Waals surface area (Å²) in [6, 6.07) is 4.80. The van der Waals surface area contributed by atoms with Crippen LogP contribution in [0.4, 0.5) is 5.13 Å². The first-order chi connectivity index (χ1) is 9.65. The summed E-state index contributed by atoms with van der Waals surface area (Å²) in [7, 11) is 4.14. The van der Waals surface area contributed by atoms with E-state index in [4.69, 9.17) is 4.98 Å². The fourth-order valence-electron chi connectivity index (χ4n) is 2.14. The fourth-order valence-corrected chi connectivity index (χ4v) is 4.19. The van der Waals surface area contributed by atoms with Crippen LogP contribution in [-0.4, -0.2) is 25.1 Å². The molecule has 0 amide bonds. The molecular formula is C15H23N3S2. The maximum atomic E-state index is 4.81. The minimum absolute atomic E-state index is 0.465. The summed E-state index contributed by atoms with van der Waals surface area (Å²) in [4.78, 5) is 9.91. The van der Waals surface area contributed by atoms with Gasteiger partial charge in [-0.25, -0.2) is 4.98 Å². The number of hydrogen-bond donors (Lipinski definition) is 1. The molecule has 0 spiro atoms. The highest BCUT2D eigenvalue weighted by Gasteiger charge is 2.17. The molecule has 2 rings (SSSR count). The van der Waals surface area contributed by atoms with Gasteiger partial charge in [0.05, 0.1) is 5.69 Å². The van der Waals surface area contributed by atoms with E-state index in [-0.39, 0.29) is 0 Å². The fraction of sp³-hybridized carbons (Fsp3) is 0.533. The second kappa shape index (κ2) is 7.20. The normalized spacial score (nSPS) is 12.6. The van der Waals surface area contributed by atoms with E-state index in [1.54, 1.807) is 0 Å². The van der Waals surface area contributed by atoms with Gasteiger partial charge in [-0.15, -0.1) is 22.7 Å².